The number of aromatic amines is 1. The van der Waals surface area contributed by atoms with Crippen LogP contribution in [0.5, 0.6) is 0 Å². The first-order valence-electron chi connectivity index (χ1n) is 3.59. The Morgan fingerprint density at radius 3 is 2.91 bits per heavy atom. The molecule has 0 saturated heterocycles. The number of nitrogens with zero attached hydrogens (tertiary/aromatic N) is 1. The van der Waals surface area contributed by atoms with Gasteiger partial charge in [0, 0.05) is 5.75 Å². The standard InChI is InChI=1S/C7H13N3S/c1-5(2)11-3-6-7(8)10-4-9-6/h4-5H,3,8H2,1-2H3,(H,9,10). The van der Waals surface area contributed by atoms with Crippen LogP contribution < -0.4 is 5.73 Å². The molecule has 11 heavy (non-hydrogen) atoms. The summed E-state index contributed by atoms with van der Waals surface area (Å²) in [6.07, 6.45) is 1.63. The number of anilines is 1. The monoisotopic (exact) mass is 171 g/mol. The van der Waals surface area contributed by atoms with Crippen LogP contribution in [0.1, 0.15) is 19.5 Å². The fourth-order valence-electron chi connectivity index (χ4n) is 0.697. The maximum atomic E-state index is 5.57. The largest absolute Gasteiger partial charge is 0.382 e. The molecule has 0 saturated carbocycles. The first-order valence-corrected chi connectivity index (χ1v) is 4.64. The Morgan fingerprint density at radius 2 is 2.45 bits per heavy atom. The molecule has 0 radical (unpaired) electrons. The third-order valence-electron chi connectivity index (χ3n) is 1.31. The van der Waals surface area contributed by atoms with Gasteiger partial charge in [-0.2, -0.15) is 11.8 Å². The number of thioether (sulfide) groups is 1. The summed E-state index contributed by atoms with van der Waals surface area (Å²) in [4.78, 5) is 6.91. The van der Waals surface area contributed by atoms with Crippen LogP contribution in [-0.2, 0) is 5.75 Å². The zero-order valence-electron chi connectivity index (χ0n) is 6.79. The highest BCUT2D eigenvalue weighted by molar-refractivity contribution is 7.99. The van der Waals surface area contributed by atoms with E-state index in [0.717, 1.165) is 11.4 Å². The lowest BCUT2D eigenvalue weighted by atomic mass is 10.5. The smallest absolute Gasteiger partial charge is 0.145 e. The van der Waals surface area contributed by atoms with Crippen LogP contribution in [0.25, 0.3) is 0 Å². The molecule has 1 heterocycles. The molecule has 0 bridgehead atoms. The van der Waals surface area contributed by atoms with Crippen molar-refractivity contribution in [1.82, 2.24) is 9.97 Å². The molecule has 3 N–H and O–H groups in total. The molecule has 62 valence electrons. The van der Waals surface area contributed by atoms with Crippen LogP contribution >= 0.6 is 11.8 Å². The van der Waals surface area contributed by atoms with E-state index in [1.807, 2.05) is 11.8 Å². The van der Waals surface area contributed by atoms with Crippen molar-refractivity contribution in [3.63, 3.8) is 0 Å². The van der Waals surface area contributed by atoms with E-state index in [2.05, 4.69) is 23.8 Å². The summed E-state index contributed by atoms with van der Waals surface area (Å²) < 4.78 is 0. The van der Waals surface area contributed by atoms with Crippen molar-refractivity contribution in [2.45, 2.75) is 24.9 Å². The fourth-order valence-corrected chi connectivity index (χ4v) is 1.43. The first-order chi connectivity index (χ1) is 5.20. The Balaban J connectivity index is 2.44. The molecule has 0 aliphatic rings. The molecule has 0 fully saturated rings. The van der Waals surface area contributed by atoms with Crippen molar-refractivity contribution in [1.29, 1.82) is 0 Å². The van der Waals surface area contributed by atoms with E-state index in [0.29, 0.717) is 11.1 Å². The predicted octanol–water partition coefficient (Wildman–Crippen LogP) is 1.63. The minimum absolute atomic E-state index is 0.623. The fraction of sp³-hybridized carbons (Fsp3) is 0.571. The molecular formula is C7H13N3S. The molecule has 0 unspecified atom stereocenters. The molecule has 1 aromatic heterocycles. The van der Waals surface area contributed by atoms with Crippen molar-refractivity contribution in [2.24, 2.45) is 0 Å². The highest BCUT2D eigenvalue weighted by Gasteiger charge is 2.02. The summed E-state index contributed by atoms with van der Waals surface area (Å²) >= 11 is 1.85. The quantitative estimate of drug-likeness (QED) is 0.726. The van der Waals surface area contributed by atoms with Crippen LogP contribution in [-0.4, -0.2) is 15.2 Å². The highest BCUT2D eigenvalue weighted by Crippen LogP contribution is 2.18. The van der Waals surface area contributed by atoms with Gasteiger partial charge in [0.2, 0.25) is 0 Å². The Morgan fingerprint density at radius 1 is 1.73 bits per heavy atom. The second kappa shape index (κ2) is 3.67. The zero-order valence-corrected chi connectivity index (χ0v) is 7.61. The molecule has 0 aliphatic carbocycles. The number of nitrogens with one attached hydrogen (secondary N) is 1. The number of H-pyrrole nitrogens is 1. The number of nitrogen functional groups attached to an aromatic ring is 1. The van der Waals surface area contributed by atoms with Crippen LogP contribution in [0.2, 0.25) is 0 Å². The van der Waals surface area contributed by atoms with Crippen LogP contribution in [0, 0.1) is 0 Å². The number of hydrogen-bond acceptors (Lipinski definition) is 3. The average Bonchev–Trinajstić information content (AvgIpc) is 2.31. The van der Waals surface area contributed by atoms with E-state index in [-0.39, 0.29) is 0 Å². The second-order valence-electron chi connectivity index (χ2n) is 2.63. The topological polar surface area (TPSA) is 54.7 Å². The number of hydrogen-bond donors (Lipinski definition) is 2. The Labute approximate surface area is 70.8 Å². The van der Waals surface area contributed by atoms with Gasteiger partial charge >= 0.3 is 0 Å². The predicted molar refractivity (Wildman–Crippen MR) is 49.4 cm³/mol. The van der Waals surface area contributed by atoms with Gasteiger partial charge in [0.15, 0.2) is 0 Å². The summed E-state index contributed by atoms with van der Waals surface area (Å²) in [6, 6.07) is 0. The van der Waals surface area contributed by atoms with Crippen molar-refractivity contribution in [3.8, 4) is 0 Å². The van der Waals surface area contributed by atoms with E-state index in [9.17, 15) is 0 Å². The lowest BCUT2D eigenvalue weighted by molar-refractivity contribution is 1.10. The molecule has 3 nitrogen and oxygen atoms in total. The van der Waals surface area contributed by atoms with E-state index in [4.69, 9.17) is 5.73 Å². The Kier molecular flexibility index (Phi) is 2.82. The van der Waals surface area contributed by atoms with Gasteiger partial charge in [0.05, 0.1) is 12.0 Å². The minimum atomic E-state index is 0.623. The van der Waals surface area contributed by atoms with Gasteiger partial charge in [0.1, 0.15) is 5.82 Å². The number of aromatic nitrogens is 2. The van der Waals surface area contributed by atoms with Gasteiger partial charge in [-0.3, -0.25) is 0 Å². The summed E-state index contributed by atoms with van der Waals surface area (Å²) in [6.45, 7) is 4.33. The summed E-state index contributed by atoms with van der Waals surface area (Å²) in [5.41, 5.74) is 6.60. The van der Waals surface area contributed by atoms with Crippen molar-refractivity contribution in [2.75, 3.05) is 5.73 Å². The molecule has 0 aromatic carbocycles. The third-order valence-corrected chi connectivity index (χ3v) is 2.43. The summed E-state index contributed by atoms with van der Waals surface area (Å²) in [5, 5.41) is 0.637. The van der Waals surface area contributed by atoms with Gasteiger partial charge in [-0.25, -0.2) is 4.98 Å². The van der Waals surface area contributed by atoms with Crippen LogP contribution in [0.15, 0.2) is 6.33 Å². The lowest BCUT2D eigenvalue weighted by Crippen LogP contribution is -1.94. The number of rotatable bonds is 3. The average molecular weight is 171 g/mol. The lowest BCUT2D eigenvalue weighted by Gasteiger charge is -2.02. The van der Waals surface area contributed by atoms with Gasteiger partial charge in [-0.15, -0.1) is 0 Å². The summed E-state index contributed by atoms with van der Waals surface area (Å²) in [7, 11) is 0. The first kappa shape index (κ1) is 8.46. The number of imidazole rings is 1. The minimum Gasteiger partial charge on any atom is -0.382 e. The van der Waals surface area contributed by atoms with Crippen LogP contribution in [0.4, 0.5) is 5.82 Å². The SMILES string of the molecule is CC(C)SCc1[nH]cnc1N. The molecule has 0 amide bonds. The maximum Gasteiger partial charge on any atom is 0.145 e. The Hall–Kier alpha value is -0.640. The van der Waals surface area contributed by atoms with Gasteiger partial charge in [0.25, 0.3) is 0 Å². The molecule has 0 aliphatic heterocycles. The molecule has 1 aromatic rings. The zero-order chi connectivity index (χ0) is 8.27. The van der Waals surface area contributed by atoms with Gasteiger partial charge in [-0.05, 0) is 5.25 Å². The molecule has 0 spiro atoms. The number of nitrogens with two attached hydrogens (primary N) is 1. The van der Waals surface area contributed by atoms with E-state index < -0.39 is 0 Å². The second-order valence-corrected chi connectivity index (χ2v) is 4.19. The van der Waals surface area contributed by atoms with Crippen molar-refractivity contribution in [3.05, 3.63) is 12.0 Å². The third kappa shape index (κ3) is 2.46. The molecule has 0 atom stereocenters. The maximum absolute atomic E-state index is 5.57. The molecular weight excluding hydrogens is 158 g/mol. The van der Waals surface area contributed by atoms with Gasteiger partial charge < -0.3 is 10.7 Å². The van der Waals surface area contributed by atoms with E-state index in [1.54, 1.807) is 6.33 Å². The normalized spacial score (nSPS) is 10.8. The van der Waals surface area contributed by atoms with Crippen LogP contribution in [0.3, 0.4) is 0 Å². The molecule has 4 heteroatoms. The highest BCUT2D eigenvalue weighted by atomic mass is 32.2. The Bertz CT molecular complexity index is 219. The van der Waals surface area contributed by atoms with Crippen molar-refractivity contribution >= 4 is 17.6 Å². The molecule has 1 rings (SSSR count). The van der Waals surface area contributed by atoms with Crippen molar-refractivity contribution < 1.29 is 0 Å². The van der Waals surface area contributed by atoms with Gasteiger partial charge in [-0.1, -0.05) is 13.8 Å². The summed E-state index contributed by atoms with van der Waals surface area (Å²) in [5.74, 6) is 1.54. The van der Waals surface area contributed by atoms with E-state index >= 15 is 0 Å². The van der Waals surface area contributed by atoms with E-state index in [1.165, 1.54) is 0 Å².